The third kappa shape index (κ3) is 33.6. The van der Waals surface area contributed by atoms with Crippen LogP contribution in [0.5, 0.6) is 17.2 Å². The molecule has 7 nitrogen and oxygen atoms in total. The average Bonchev–Trinajstić information content (AvgIpc) is 3.32. The van der Waals surface area contributed by atoms with Gasteiger partial charge in [0, 0.05) is 179 Å². The normalized spacial score (nSPS) is 9.92. The van der Waals surface area contributed by atoms with Crippen molar-refractivity contribution in [2.75, 3.05) is 27.4 Å². The first-order valence-electron chi connectivity index (χ1n) is 11.2. The number of halogens is 2. The topological polar surface area (TPSA) is 91.3 Å². The number of benzene rings is 3. The molecule has 0 aromatic heterocycles. The molecule has 3 aromatic carbocycles. The fourth-order valence-corrected chi connectivity index (χ4v) is 3.98. The molecule has 271 valence electrons. The molecule has 49 heavy (non-hydrogen) atoms. The number of fused-ring (bicyclic) bond motifs is 1. The number of hydrogen-bond acceptors (Lipinski definition) is 7. The smallest absolute Gasteiger partial charge is 0.330 e. The van der Waals surface area contributed by atoms with Gasteiger partial charge in [0.15, 0.2) is 0 Å². The SMILES string of the molecule is COC(=O)/C=C/COc1ccccc1I.COC(=O)CC1COc2ccccc21.Oc1ccccc1I.[CH3-].[CH3-].[CH3-].[CH3-].[CH3-].[CH3-].[W].[W].[W].[Y].[Y].[Y]. The summed E-state index contributed by atoms with van der Waals surface area (Å²) in [6.07, 6.45) is 3.36. The maximum absolute atomic E-state index is 11.1. The van der Waals surface area contributed by atoms with Crippen LogP contribution >= 0.6 is 45.2 Å². The van der Waals surface area contributed by atoms with Crippen LogP contribution in [0.4, 0.5) is 0 Å². The molecule has 0 saturated carbocycles. The third-order valence-corrected chi connectivity index (χ3v) is 6.72. The van der Waals surface area contributed by atoms with E-state index < -0.39 is 0 Å². The molecule has 0 aliphatic carbocycles. The third-order valence-electron chi connectivity index (χ3n) is 4.92. The number of carbonyl (C=O) groups is 2. The van der Waals surface area contributed by atoms with Crippen molar-refractivity contribution in [3.05, 3.63) is 142 Å². The van der Waals surface area contributed by atoms with Gasteiger partial charge in [-0.15, -0.1) is 0 Å². The Morgan fingerprint density at radius 3 is 1.73 bits per heavy atom. The number of esters is 2. The van der Waals surface area contributed by atoms with E-state index in [1.807, 2.05) is 60.7 Å². The fourth-order valence-electron chi connectivity index (χ4n) is 3.05. The first-order chi connectivity index (χ1) is 17.8. The van der Waals surface area contributed by atoms with E-state index in [2.05, 4.69) is 54.7 Å². The Bertz CT molecular complexity index is 1190. The van der Waals surface area contributed by atoms with Crippen molar-refractivity contribution >= 4 is 57.1 Å². The zero-order valence-corrected chi connectivity index (χ0v) is 51.0. The molecule has 1 aliphatic rings. The quantitative estimate of drug-likeness (QED) is 0.114. The molecule has 3 aromatic rings. The summed E-state index contributed by atoms with van der Waals surface area (Å²) < 4.78 is 21.9. The van der Waals surface area contributed by atoms with Crippen molar-refractivity contribution < 1.29 is 195 Å². The molecule has 0 bridgehead atoms. The van der Waals surface area contributed by atoms with Crippen molar-refractivity contribution in [3.63, 3.8) is 0 Å². The van der Waals surface area contributed by atoms with Gasteiger partial charge in [0.1, 0.15) is 23.9 Å². The molecule has 1 aliphatic heterocycles. The second-order valence-corrected chi connectivity index (χ2v) is 9.77. The van der Waals surface area contributed by atoms with Gasteiger partial charge < -0.3 is 68.6 Å². The first-order valence-corrected chi connectivity index (χ1v) is 13.3. The van der Waals surface area contributed by atoms with Crippen LogP contribution in [0.1, 0.15) is 17.9 Å². The molecular formula is C34H46I2O7W3Y3-6. The van der Waals surface area contributed by atoms with Crippen LogP contribution in [0.25, 0.3) is 0 Å². The van der Waals surface area contributed by atoms with Gasteiger partial charge in [-0.25, -0.2) is 4.79 Å². The number of aromatic hydroxyl groups is 1. The van der Waals surface area contributed by atoms with Gasteiger partial charge >= 0.3 is 11.9 Å². The van der Waals surface area contributed by atoms with Crippen molar-refractivity contribution in [2.24, 2.45) is 0 Å². The van der Waals surface area contributed by atoms with Crippen LogP contribution in [-0.4, -0.2) is 44.5 Å². The molecule has 0 saturated heterocycles. The summed E-state index contributed by atoms with van der Waals surface area (Å²) in [7, 11) is 2.75. The Labute approximate surface area is 443 Å². The molecule has 1 unspecified atom stereocenters. The maximum atomic E-state index is 11.1. The molecular weight excluding hydrogens is 1590 g/mol. The summed E-state index contributed by atoms with van der Waals surface area (Å²) in [5.41, 5.74) is 1.11. The van der Waals surface area contributed by atoms with Gasteiger partial charge in [0.05, 0.1) is 34.4 Å². The number of rotatable bonds is 6. The Morgan fingerprint density at radius 2 is 1.27 bits per heavy atom. The average molecular weight is 1640 g/mol. The van der Waals surface area contributed by atoms with E-state index in [9.17, 15) is 9.59 Å². The summed E-state index contributed by atoms with van der Waals surface area (Å²) in [4.78, 5) is 21.8. The van der Waals surface area contributed by atoms with Crippen LogP contribution in [-0.2, 0) is 180 Å². The van der Waals surface area contributed by atoms with Crippen molar-refractivity contribution in [1.82, 2.24) is 0 Å². The zero-order chi connectivity index (χ0) is 27.0. The maximum Gasteiger partial charge on any atom is 0.330 e. The summed E-state index contributed by atoms with van der Waals surface area (Å²) >= 11 is 4.27. The number of para-hydroxylation sites is 3. The molecule has 1 atom stereocenters. The van der Waals surface area contributed by atoms with Gasteiger partial charge in [0.2, 0.25) is 0 Å². The fraction of sp³-hybridized carbons (Fsp3) is 0.176. The van der Waals surface area contributed by atoms with E-state index in [0.717, 1.165) is 24.2 Å². The summed E-state index contributed by atoms with van der Waals surface area (Å²) in [6.45, 7) is 0.934. The van der Waals surface area contributed by atoms with Crippen LogP contribution in [0.3, 0.4) is 0 Å². The monoisotopic (exact) mass is 1640 g/mol. The van der Waals surface area contributed by atoms with Crippen LogP contribution in [0.2, 0.25) is 0 Å². The Hall–Kier alpha value is 2.58. The summed E-state index contributed by atoms with van der Waals surface area (Å²) in [5.74, 6) is 1.65. The van der Waals surface area contributed by atoms with Crippen molar-refractivity contribution in [1.29, 1.82) is 0 Å². The predicted octanol–water partition coefficient (Wildman–Crippen LogP) is 8.81. The Morgan fingerprint density at radius 1 is 0.776 bits per heavy atom. The van der Waals surface area contributed by atoms with Gasteiger partial charge in [-0.3, -0.25) is 4.79 Å². The second kappa shape index (κ2) is 48.6. The van der Waals surface area contributed by atoms with E-state index in [1.54, 1.807) is 18.2 Å². The summed E-state index contributed by atoms with van der Waals surface area (Å²) in [6, 6.07) is 22.7. The molecule has 0 spiro atoms. The van der Waals surface area contributed by atoms with E-state index in [4.69, 9.17) is 14.6 Å². The molecule has 0 amide bonds. The number of hydrogen-bond donors (Lipinski definition) is 1. The van der Waals surface area contributed by atoms with E-state index in [0.29, 0.717) is 25.4 Å². The van der Waals surface area contributed by atoms with Crippen molar-refractivity contribution in [3.8, 4) is 17.2 Å². The van der Waals surface area contributed by atoms with E-state index >= 15 is 0 Å². The molecule has 0 fully saturated rings. The standard InChI is InChI=1S/C11H11IO3.C11H12O3.C6H5IO.6CH3.3W.3Y/c1-14-11(13)7-4-8-15-10-6-3-2-5-9(10)12;1-13-11(12)6-8-7-14-10-5-3-2-4-9(8)10;7-5-3-1-2-4-6(5)8;;;;;;;;;;;;/h2-7H,8H2,1H3;2-5,8H,6-7H2,1H3;1-4,8H;6*1H3;;;;;;/q;;;6*-1;;;;;;/b7-4+;;;;;;;;;;;;;;. The van der Waals surface area contributed by atoms with Crippen LogP contribution in [0, 0.1) is 51.7 Å². The molecule has 4 rings (SSSR count). The minimum absolute atomic E-state index is 0. The summed E-state index contributed by atoms with van der Waals surface area (Å²) in [5, 5.41) is 8.91. The Kier molecular flexibility index (Phi) is 79.5. The van der Waals surface area contributed by atoms with Gasteiger partial charge in [-0.05, 0) is 81.6 Å². The second-order valence-electron chi connectivity index (χ2n) is 7.44. The van der Waals surface area contributed by atoms with Crippen LogP contribution in [0.15, 0.2) is 84.9 Å². The molecule has 1 N–H and O–H groups in total. The minimum atomic E-state index is -0.374. The zero-order valence-electron chi connectivity index (χ0n) is 29.4. The number of methoxy groups -OCH3 is 2. The van der Waals surface area contributed by atoms with Gasteiger partial charge in [-0.1, -0.05) is 42.5 Å². The van der Waals surface area contributed by atoms with Gasteiger partial charge in [-0.2, -0.15) is 0 Å². The minimum Gasteiger partial charge on any atom is -0.507 e. The number of ether oxygens (including phenoxy) is 4. The van der Waals surface area contributed by atoms with E-state index in [-0.39, 0.29) is 224 Å². The number of phenols is 1. The molecule has 15 heteroatoms. The van der Waals surface area contributed by atoms with Crippen molar-refractivity contribution in [2.45, 2.75) is 12.3 Å². The molecule has 1 heterocycles. The van der Waals surface area contributed by atoms with Crippen LogP contribution < -0.4 is 9.47 Å². The Balaban J connectivity index is -0.0000000450. The number of carbonyl (C=O) groups excluding carboxylic acids is 2. The first kappa shape index (κ1) is 80.1. The van der Waals surface area contributed by atoms with E-state index in [1.165, 1.54) is 20.3 Å². The predicted molar refractivity (Wildman–Crippen MR) is 196 cm³/mol. The molecule has 3 radical (unpaired) electrons. The largest absolute Gasteiger partial charge is 0.507 e. The number of phenolic OH excluding ortho intramolecular Hbond substituents is 1. The van der Waals surface area contributed by atoms with Gasteiger partial charge in [0.25, 0.3) is 0 Å².